The van der Waals surface area contributed by atoms with Crippen LogP contribution in [0.25, 0.3) is 11.0 Å². The number of aromatic nitrogens is 2. The lowest BCUT2D eigenvalue weighted by Crippen LogP contribution is -2.30. The van der Waals surface area contributed by atoms with Gasteiger partial charge in [-0.3, -0.25) is 4.79 Å². The molecular weight excluding hydrogens is 380 g/mol. The SMILES string of the molecule is CCN(CC)S(=O)(=O)c1ccc2c(c1)ncn2CCC(=O)NCc1ccco1. The molecule has 0 aliphatic carbocycles. The zero-order chi connectivity index (χ0) is 20.1. The summed E-state index contributed by atoms with van der Waals surface area (Å²) in [6.07, 6.45) is 3.47. The third-order valence-electron chi connectivity index (χ3n) is 4.56. The normalized spacial score (nSPS) is 12.0. The molecule has 8 nitrogen and oxygen atoms in total. The van der Waals surface area contributed by atoms with E-state index in [2.05, 4.69) is 10.3 Å². The van der Waals surface area contributed by atoms with Gasteiger partial charge in [-0.25, -0.2) is 13.4 Å². The number of aryl methyl sites for hydroxylation is 1. The Hall–Kier alpha value is -2.65. The number of hydrogen-bond acceptors (Lipinski definition) is 5. The number of fused-ring (bicyclic) bond motifs is 1. The van der Waals surface area contributed by atoms with Crippen molar-refractivity contribution in [2.75, 3.05) is 13.1 Å². The average Bonchev–Trinajstić information content (AvgIpc) is 3.34. The van der Waals surface area contributed by atoms with Gasteiger partial charge in [-0.05, 0) is 30.3 Å². The van der Waals surface area contributed by atoms with E-state index in [1.807, 2.05) is 18.4 Å². The first-order chi connectivity index (χ1) is 13.5. The molecule has 0 unspecified atom stereocenters. The van der Waals surface area contributed by atoms with E-state index in [1.54, 1.807) is 42.9 Å². The molecule has 0 aliphatic heterocycles. The van der Waals surface area contributed by atoms with Crippen molar-refractivity contribution in [3.05, 3.63) is 48.7 Å². The standard InChI is InChI=1S/C19H24N4O4S/c1-3-23(4-2)28(25,26)16-7-8-18-17(12-16)21-14-22(18)10-9-19(24)20-13-15-6-5-11-27-15/h5-8,11-12,14H,3-4,9-10,13H2,1-2H3,(H,20,24). The van der Waals surface area contributed by atoms with Crippen molar-refractivity contribution in [2.45, 2.75) is 38.3 Å². The number of hydrogen-bond donors (Lipinski definition) is 1. The predicted octanol–water partition coefficient (Wildman–Crippen LogP) is 2.37. The third kappa shape index (κ3) is 4.26. The van der Waals surface area contributed by atoms with E-state index in [9.17, 15) is 13.2 Å². The van der Waals surface area contributed by atoms with Crippen molar-refractivity contribution in [2.24, 2.45) is 0 Å². The Labute approximate surface area is 164 Å². The van der Waals surface area contributed by atoms with Gasteiger partial charge in [0.2, 0.25) is 15.9 Å². The number of carbonyl (C=O) groups excluding carboxylic acids is 1. The minimum Gasteiger partial charge on any atom is -0.467 e. The molecule has 1 amide bonds. The molecule has 3 aromatic rings. The van der Waals surface area contributed by atoms with Crippen molar-refractivity contribution in [3.63, 3.8) is 0 Å². The van der Waals surface area contributed by atoms with Gasteiger partial charge >= 0.3 is 0 Å². The summed E-state index contributed by atoms with van der Waals surface area (Å²) >= 11 is 0. The lowest BCUT2D eigenvalue weighted by atomic mass is 10.3. The molecule has 0 spiro atoms. The van der Waals surface area contributed by atoms with Gasteiger partial charge in [-0.2, -0.15) is 4.31 Å². The molecular formula is C19H24N4O4S. The molecule has 0 bridgehead atoms. The number of benzene rings is 1. The summed E-state index contributed by atoms with van der Waals surface area (Å²) in [6.45, 7) is 5.25. The lowest BCUT2D eigenvalue weighted by molar-refractivity contribution is -0.121. The lowest BCUT2D eigenvalue weighted by Gasteiger charge is -2.18. The van der Waals surface area contributed by atoms with Gasteiger partial charge in [0.15, 0.2) is 0 Å². The summed E-state index contributed by atoms with van der Waals surface area (Å²) in [5.74, 6) is 0.599. The van der Waals surface area contributed by atoms with Crippen LogP contribution >= 0.6 is 0 Å². The van der Waals surface area contributed by atoms with Crippen LogP contribution in [-0.4, -0.2) is 41.3 Å². The Kier molecular flexibility index (Phi) is 6.15. The van der Waals surface area contributed by atoms with Crippen molar-refractivity contribution in [1.29, 1.82) is 0 Å². The van der Waals surface area contributed by atoms with Gasteiger partial charge in [0.05, 0.1) is 35.1 Å². The zero-order valence-electron chi connectivity index (χ0n) is 16.0. The molecule has 3 rings (SSSR count). The monoisotopic (exact) mass is 404 g/mol. The minimum absolute atomic E-state index is 0.0982. The summed E-state index contributed by atoms with van der Waals surface area (Å²) < 4.78 is 33.8. The Morgan fingerprint density at radius 3 is 2.71 bits per heavy atom. The number of amides is 1. The first-order valence-electron chi connectivity index (χ1n) is 9.19. The highest BCUT2D eigenvalue weighted by molar-refractivity contribution is 7.89. The van der Waals surface area contributed by atoms with Gasteiger partial charge < -0.3 is 14.3 Å². The van der Waals surface area contributed by atoms with Gasteiger partial charge in [0.25, 0.3) is 0 Å². The molecule has 0 atom stereocenters. The van der Waals surface area contributed by atoms with Crippen molar-refractivity contribution < 1.29 is 17.6 Å². The summed E-state index contributed by atoms with van der Waals surface area (Å²) in [5.41, 5.74) is 1.38. The van der Waals surface area contributed by atoms with Gasteiger partial charge in [-0.15, -0.1) is 0 Å². The zero-order valence-corrected chi connectivity index (χ0v) is 16.8. The van der Waals surface area contributed by atoms with E-state index < -0.39 is 10.0 Å². The van der Waals surface area contributed by atoms with Crippen LogP contribution in [0.3, 0.4) is 0 Å². The molecule has 2 aromatic heterocycles. The highest BCUT2D eigenvalue weighted by atomic mass is 32.2. The minimum atomic E-state index is -3.53. The fourth-order valence-corrected chi connectivity index (χ4v) is 4.48. The highest BCUT2D eigenvalue weighted by Gasteiger charge is 2.22. The van der Waals surface area contributed by atoms with Crippen LogP contribution in [0.15, 0.2) is 52.2 Å². The second-order valence-electron chi connectivity index (χ2n) is 6.28. The van der Waals surface area contributed by atoms with E-state index >= 15 is 0 Å². The third-order valence-corrected chi connectivity index (χ3v) is 6.60. The number of rotatable bonds is 9. The molecule has 0 saturated carbocycles. The molecule has 9 heteroatoms. The Morgan fingerprint density at radius 1 is 1.25 bits per heavy atom. The number of nitrogens with zero attached hydrogens (tertiary/aromatic N) is 3. The van der Waals surface area contributed by atoms with Crippen LogP contribution in [0.5, 0.6) is 0 Å². The number of carbonyl (C=O) groups is 1. The maximum Gasteiger partial charge on any atom is 0.243 e. The van der Waals surface area contributed by atoms with Crippen molar-refractivity contribution in [3.8, 4) is 0 Å². The van der Waals surface area contributed by atoms with Crippen LogP contribution < -0.4 is 5.32 Å². The molecule has 0 aliphatic rings. The largest absolute Gasteiger partial charge is 0.467 e. The van der Waals surface area contributed by atoms with Crippen molar-refractivity contribution >= 4 is 27.0 Å². The van der Waals surface area contributed by atoms with Gasteiger partial charge in [0, 0.05) is 26.1 Å². The van der Waals surface area contributed by atoms with Crippen LogP contribution in [0.2, 0.25) is 0 Å². The molecule has 1 N–H and O–H groups in total. The summed E-state index contributed by atoms with van der Waals surface area (Å²) in [6, 6.07) is 8.47. The summed E-state index contributed by atoms with van der Waals surface area (Å²) in [7, 11) is -3.53. The molecule has 0 fully saturated rings. The number of imidazole rings is 1. The average molecular weight is 404 g/mol. The summed E-state index contributed by atoms with van der Waals surface area (Å²) in [4.78, 5) is 16.6. The Morgan fingerprint density at radius 2 is 2.04 bits per heavy atom. The molecule has 2 heterocycles. The Balaban J connectivity index is 1.68. The van der Waals surface area contributed by atoms with Gasteiger partial charge in [0.1, 0.15) is 5.76 Å². The molecule has 150 valence electrons. The van der Waals surface area contributed by atoms with Crippen LogP contribution in [0.1, 0.15) is 26.0 Å². The van der Waals surface area contributed by atoms with Crippen molar-refractivity contribution in [1.82, 2.24) is 19.2 Å². The van der Waals surface area contributed by atoms with E-state index in [4.69, 9.17) is 4.42 Å². The topological polar surface area (TPSA) is 97.4 Å². The quantitative estimate of drug-likeness (QED) is 0.590. The second kappa shape index (κ2) is 8.57. The first-order valence-corrected chi connectivity index (χ1v) is 10.6. The highest BCUT2D eigenvalue weighted by Crippen LogP contribution is 2.21. The number of sulfonamides is 1. The van der Waals surface area contributed by atoms with Crippen LogP contribution in [0, 0.1) is 0 Å². The molecule has 1 aromatic carbocycles. The summed E-state index contributed by atoms with van der Waals surface area (Å²) in [5, 5.41) is 2.80. The smallest absolute Gasteiger partial charge is 0.243 e. The Bertz CT molecular complexity index is 1040. The van der Waals surface area contributed by atoms with Gasteiger partial charge in [-0.1, -0.05) is 13.8 Å². The maximum absolute atomic E-state index is 12.7. The fourth-order valence-electron chi connectivity index (χ4n) is 3.00. The maximum atomic E-state index is 12.7. The molecule has 0 radical (unpaired) electrons. The first kappa shape index (κ1) is 20.1. The molecule has 28 heavy (non-hydrogen) atoms. The number of nitrogens with one attached hydrogen (secondary N) is 1. The van der Waals surface area contributed by atoms with E-state index in [1.165, 1.54) is 4.31 Å². The fraction of sp³-hybridized carbons (Fsp3) is 0.368. The van der Waals surface area contributed by atoms with E-state index in [-0.39, 0.29) is 17.2 Å². The predicted molar refractivity (Wildman–Crippen MR) is 105 cm³/mol. The number of furan rings is 1. The molecule has 0 saturated heterocycles. The second-order valence-corrected chi connectivity index (χ2v) is 8.22. The van der Waals surface area contributed by atoms with E-state index in [0.29, 0.717) is 37.5 Å². The van der Waals surface area contributed by atoms with Crippen LogP contribution in [-0.2, 0) is 27.9 Å². The van der Waals surface area contributed by atoms with Crippen LogP contribution in [0.4, 0.5) is 0 Å². The van der Waals surface area contributed by atoms with E-state index in [0.717, 1.165) is 5.52 Å².